The lowest BCUT2D eigenvalue weighted by atomic mass is 10.2. The van der Waals surface area contributed by atoms with Crippen molar-refractivity contribution in [2.24, 2.45) is 4.99 Å². The van der Waals surface area contributed by atoms with E-state index in [0.717, 1.165) is 53.2 Å². The first-order valence-corrected chi connectivity index (χ1v) is 9.69. The van der Waals surface area contributed by atoms with Crippen LogP contribution < -0.4 is 25.0 Å². The van der Waals surface area contributed by atoms with Gasteiger partial charge in [0.05, 0.1) is 14.2 Å². The van der Waals surface area contributed by atoms with Crippen molar-refractivity contribution in [3.05, 3.63) is 53.1 Å². The Balaban J connectivity index is 0.00000300. The fourth-order valence-electron chi connectivity index (χ4n) is 3.35. The highest BCUT2D eigenvalue weighted by Crippen LogP contribution is 2.25. The standard InChI is InChI=1S/C21H27ClN4O2.HI/c1-23-21(24-13-15-7-8-19(27-2)12-20(15)28-3)25-17-9-10-26(14-17)18-6-4-5-16(22)11-18;/h4-8,11-12,17H,9-10,13-14H2,1-3H3,(H2,23,24,25);1H. The summed E-state index contributed by atoms with van der Waals surface area (Å²) in [5.41, 5.74) is 2.20. The van der Waals surface area contributed by atoms with E-state index < -0.39 is 0 Å². The van der Waals surface area contributed by atoms with Gasteiger partial charge < -0.3 is 25.0 Å². The van der Waals surface area contributed by atoms with Crippen LogP contribution in [0.1, 0.15) is 12.0 Å². The molecule has 0 aliphatic carbocycles. The van der Waals surface area contributed by atoms with E-state index in [0.29, 0.717) is 12.6 Å². The van der Waals surface area contributed by atoms with Crippen LogP contribution in [0.25, 0.3) is 0 Å². The number of benzene rings is 2. The zero-order valence-electron chi connectivity index (χ0n) is 16.9. The molecule has 29 heavy (non-hydrogen) atoms. The fourth-order valence-corrected chi connectivity index (χ4v) is 3.53. The molecule has 0 spiro atoms. The van der Waals surface area contributed by atoms with Gasteiger partial charge in [0.1, 0.15) is 11.5 Å². The lowest BCUT2D eigenvalue weighted by molar-refractivity contribution is 0.390. The first-order chi connectivity index (χ1) is 13.6. The molecule has 1 heterocycles. The fraction of sp³-hybridized carbons (Fsp3) is 0.381. The van der Waals surface area contributed by atoms with Gasteiger partial charge in [-0.25, -0.2) is 0 Å². The normalized spacial score (nSPS) is 16.2. The molecule has 158 valence electrons. The van der Waals surface area contributed by atoms with Crippen LogP contribution in [0.15, 0.2) is 47.5 Å². The van der Waals surface area contributed by atoms with Crippen LogP contribution in [0.3, 0.4) is 0 Å². The number of hydrogen-bond acceptors (Lipinski definition) is 4. The largest absolute Gasteiger partial charge is 0.497 e. The summed E-state index contributed by atoms with van der Waals surface area (Å²) in [5.74, 6) is 2.33. The third kappa shape index (κ3) is 6.30. The molecule has 0 amide bonds. The van der Waals surface area contributed by atoms with Gasteiger partial charge in [-0.3, -0.25) is 4.99 Å². The number of methoxy groups -OCH3 is 2. The molecule has 0 aromatic heterocycles. The molecule has 3 rings (SSSR count). The Morgan fingerprint density at radius 2 is 2.03 bits per heavy atom. The first kappa shape index (κ1) is 23.4. The highest BCUT2D eigenvalue weighted by Gasteiger charge is 2.23. The van der Waals surface area contributed by atoms with Crippen molar-refractivity contribution in [2.45, 2.75) is 19.0 Å². The molecule has 1 fully saturated rings. The molecule has 1 aliphatic rings. The predicted octanol–water partition coefficient (Wildman–Crippen LogP) is 3.92. The molecular formula is C21H28ClIN4O2. The molecule has 2 aromatic rings. The summed E-state index contributed by atoms with van der Waals surface area (Å²) in [6.45, 7) is 2.51. The zero-order chi connectivity index (χ0) is 19.9. The number of hydrogen-bond donors (Lipinski definition) is 2. The maximum atomic E-state index is 6.12. The summed E-state index contributed by atoms with van der Waals surface area (Å²) in [5, 5.41) is 7.64. The molecule has 8 heteroatoms. The van der Waals surface area contributed by atoms with Gasteiger partial charge in [-0.05, 0) is 36.8 Å². The smallest absolute Gasteiger partial charge is 0.191 e. The van der Waals surface area contributed by atoms with Crippen molar-refractivity contribution in [2.75, 3.05) is 39.3 Å². The van der Waals surface area contributed by atoms with Crippen LogP contribution in [-0.4, -0.2) is 46.4 Å². The Hall–Kier alpha value is -1.87. The van der Waals surface area contributed by atoms with Gasteiger partial charge in [0, 0.05) is 55.1 Å². The second-order valence-corrected chi connectivity index (χ2v) is 7.10. The van der Waals surface area contributed by atoms with E-state index in [1.54, 1.807) is 21.3 Å². The number of nitrogens with one attached hydrogen (secondary N) is 2. The van der Waals surface area contributed by atoms with Crippen LogP contribution in [0.2, 0.25) is 5.02 Å². The van der Waals surface area contributed by atoms with Crippen molar-refractivity contribution in [3.63, 3.8) is 0 Å². The lowest BCUT2D eigenvalue weighted by Gasteiger charge is -2.21. The number of guanidine groups is 1. The monoisotopic (exact) mass is 530 g/mol. The molecular weight excluding hydrogens is 503 g/mol. The van der Waals surface area contributed by atoms with Gasteiger partial charge in [0.2, 0.25) is 0 Å². The highest BCUT2D eigenvalue weighted by molar-refractivity contribution is 14.0. The van der Waals surface area contributed by atoms with E-state index in [1.807, 2.05) is 36.4 Å². The number of ether oxygens (including phenoxy) is 2. The summed E-state index contributed by atoms with van der Waals surface area (Å²) in [4.78, 5) is 6.69. The molecule has 1 saturated heterocycles. The van der Waals surface area contributed by atoms with Crippen molar-refractivity contribution >= 4 is 47.2 Å². The maximum absolute atomic E-state index is 6.12. The molecule has 1 unspecified atom stereocenters. The van der Waals surface area contributed by atoms with Gasteiger partial charge in [-0.1, -0.05) is 17.7 Å². The van der Waals surface area contributed by atoms with E-state index >= 15 is 0 Å². The summed E-state index contributed by atoms with van der Waals surface area (Å²) >= 11 is 6.12. The average molecular weight is 531 g/mol. The zero-order valence-corrected chi connectivity index (χ0v) is 20.0. The minimum absolute atomic E-state index is 0. The Morgan fingerprint density at radius 3 is 2.72 bits per heavy atom. The third-order valence-corrected chi connectivity index (χ3v) is 5.10. The molecule has 0 saturated carbocycles. The Labute approximate surface area is 194 Å². The third-order valence-electron chi connectivity index (χ3n) is 4.87. The second-order valence-electron chi connectivity index (χ2n) is 6.66. The van der Waals surface area contributed by atoms with Crippen LogP contribution in [0.4, 0.5) is 5.69 Å². The van der Waals surface area contributed by atoms with Crippen molar-refractivity contribution in [1.82, 2.24) is 10.6 Å². The van der Waals surface area contributed by atoms with E-state index in [4.69, 9.17) is 21.1 Å². The maximum Gasteiger partial charge on any atom is 0.191 e. The van der Waals surface area contributed by atoms with E-state index in [1.165, 1.54) is 0 Å². The van der Waals surface area contributed by atoms with E-state index in [2.05, 4.69) is 26.6 Å². The number of halogens is 2. The average Bonchev–Trinajstić information content (AvgIpc) is 3.19. The van der Waals surface area contributed by atoms with Crippen molar-refractivity contribution in [3.8, 4) is 11.5 Å². The van der Waals surface area contributed by atoms with Crippen molar-refractivity contribution < 1.29 is 9.47 Å². The summed E-state index contributed by atoms with van der Waals surface area (Å²) in [6.07, 6.45) is 1.04. The second kappa shape index (κ2) is 11.3. The Morgan fingerprint density at radius 1 is 1.21 bits per heavy atom. The Bertz CT molecular complexity index is 834. The molecule has 2 N–H and O–H groups in total. The summed E-state index contributed by atoms with van der Waals surface area (Å²) in [7, 11) is 5.09. The number of nitrogens with zero attached hydrogens (tertiary/aromatic N) is 2. The van der Waals surface area contributed by atoms with Crippen LogP contribution in [0, 0.1) is 0 Å². The topological polar surface area (TPSA) is 58.1 Å². The first-order valence-electron chi connectivity index (χ1n) is 9.31. The molecule has 6 nitrogen and oxygen atoms in total. The molecule has 1 aliphatic heterocycles. The van der Waals surface area contributed by atoms with Gasteiger partial charge >= 0.3 is 0 Å². The van der Waals surface area contributed by atoms with Gasteiger partial charge in [0.15, 0.2) is 5.96 Å². The van der Waals surface area contributed by atoms with Crippen LogP contribution >= 0.6 is 35.6 Å². The van der Waals surface area contributed by atoms with E-state index in [-0.39, 0.29) is 24.0 Å². The van der Waals surface area contributed by atoms with Gasteiger partial charge in [-0.15, -0.1) is 24.0 Å². The molecule has 0 radical (unpaired) electrons. The number of anilines is 1. The van der Waals surface area contributed by atoms with E-state index in [9.17, 15) is 0 Å². The minimum atomic E-state index is 0. The van der Waals surface area contributed by atoms with Crippen LogP contribution in [-0.2, 0) is 6.54 Å². The van der Waals surface area contributed by atoms with Gasteiger partial charge in [0.25, 0.3) is 0 Å². The molecule has 0 bridgehead atoms. The van der Waals surface area contributed by atoms with Gasteiger partial charge in [-0.2, -0.15) is 0 Å². The predicted molar refractivity (Wildman–Crippen MR) is 130 cm³/mol. The van der Waals surface area contributed by atoms with Crippen molar-refractivity contribution in [1.29, 1.82) is 0 Å². The lowest BCUT2D eigenvalue weighted by Crippen LogP contribution is -2.44. The Kier molecular flexibility index (Phi) is 9.16. The summed E-state index contributed by atoms with van der Waals surface area (Å²) < 4.78 is 10.7. The summed E-state index contributed by atoms with van der Waals surface area (Å²) in [6, 6.07) is 14.1. The SMILES string of the molecule is CN=C(NCc1ccc(OC)cc1OC)NC1CCN(c2cccc(Cl)c2)C1.I. The number of rotatable bonds is 6. The molecule has 1 atom stereocenters. The van der Waals surface area contributed by atoms with Crippen LogP contribution in [0.5, 0.6) is 11.5 Å². The number of aliphatic imine (C=N–C) groups is 1. The highest BCUT2D eigenvalue weighted by atomic mass is 127. The quantitative estimate of drug-likeness (QED) is 0.337. The minimum Gasteiger partial charge on any atom is -0.497 e. The molecule has 2 aromatic carbocycles.